The molecule has 1 amide bonds. The summed E-state index contributed by atoms with van der Waals surface area (Å²) in [4.78, 5) is 33.6. The van der Waals surface area contributed by atoms with E-state index in [1.54, 1.807) is 6.07 Å². The molecule has 0 unspecified atom stereocenters. The molecule has 2 atom stereocenters. The summed E-state index contributed by atoms with van der Waals surface area (Å²) in [6.07, 6.45) is 13.0. The van der Waals surface area contributed by atoms with Crippen molar-refractivity contribution in [2.24, 2.45) is 11.7 Å². The van der Waals surface area contributed by atoms with Crippen LogP contribution in [0, 0.1) is 11.7 Å². The number of aromatic nitrogens is 1. The van der Waals surface area contributed by atoms with Crippen molar-refractivity contribution in [3.63, 3.8) is 0 Å². The first-order valence-corrected chi connectivity index (χ1v) is 14.9. The number of halogens is 1. The summed E-state index contributed by atoms with van der Waals surface area (Å²) in [5, 5.41) is 0. The smallest absolute Gasteiger partial charge is 0.404 e. The Bertz CT molecular complexity index is 1160. The van der Waals surface area contributed by atoms with E-state index in [2.05, 4.69) is 26.8 Å². The number of hydrogen-bond donors (Lipinski definition) is 1. The van der Waals surface area contributed by atoms with Gasteiger partial charge in [0.2, 0.25) is 0 Å². The lowest BCUT2D eigenvalue weighted by Crippen LogP contribution is -2.50. The molecule has 2 aromatic rings. The highest BCUT2D eigenvalue weighted by atomic mass is 19.1. The Hall–Kier alpha value is -3.36. The van der Waals surface area contributed by atoms with E-state index in [-0.39, 0.29) is 18.5 Å². The summed E-state index contributed by atoms with van der Waals surface area (Å²) >= 11 is 0. The van der Waals surface area contributed by atoms with E-state index >= 15 is 0 Å². The van der Waals surface area contributed by atoms with Crippen LogP contribution in [0.15, 0.2) is 36.5 Å². The minimum Gasteiger partial charge on any atom is -0.445 e. The molecule has 1 aromatic heterocycles. The largest absolute Gasteiger partial charge is 0.445 e. The van der Waals surface area contributed by atoms with Crippen LogP contribution in [-0.2, 0) is 16.1 Å². The van der Waals surface area contributed by atoms with Crippen LogP contribution in [0.5, 0.6) is 0 Å². The Morgan fingerprint density at radius 3 is 2.60 bits per heavy atom. The highest BCUT2D eigenvalue weighted by Crippen LogP contribution is 2.38. The average molecular weight is 552 g/mol. The van der Waals surface area contributed by atoms with Crippen molar-refractivity contribution in [3.8, 4) is 0 Å². The van der Waals surface area contributed by atoms with Crippen LogP contribution >= 0.6 is 0 Å². The molecule has 0 radical (unpaired) electrons. The van der Waals surface area contributed by atoms with Gasteiger partial charge in [-0.2, -0.15) is 0 Å². The van der Waals surface area contributed by atoms with E-state index in [0.29, 0.717) is 18.0 Å². The number of nitrogens with two attached hydrogens (primary N) is 1. The number of hydrogen-bond acceptors (Lipinski definition) is 7. The number of aldehydes is 1. The maximum absolute atomic E-state index is 14.5. The van der Waals surface area contributed by atoms with Crippen LogP contribution in [0.4, 0.5) is 26.4 Å². The fourth-order valence-electron chi connectivity index (χ4n) is 6.91. The SMILES string of the molecule is NC(=O)OCc1cc(F)cc(N2CCC[C@@H]3[C@H]2CCN3c2cc(N3CCC(CCCCCC=O)CC3)ccn2)c1. The second-order valence-electron chi connectivity index (χ2n) is 11.5. The van der Waals surface area contributed by atoms with Gasteiger partial charge in [-0.15, -0.1) is 0 Å². The highest BCUT2D eigenvalue weighted by Gasteiger charge is 2.41. The Labute approximate surface area is 236 Å². The Morgan fingerprint density at radius 2 is 1.80 bits per heavy atom. The molecule has 9 heteroatoms. The Kier molecular flexibility index (Phi) is 9.39. The maximum Gasteiger partial charge on any atom is 0.404 e. The van der Waals surface area contributed by atoms with Gasteiger partial charge >= 0.3 is 6.09 Å². The van der Waals surface area contributed by atoms with Gasteiger partial charge in [0.15, 0.2) is 0 Å². The van der Waals surface area contributed by atoms with Crippen LogP contribution in [0.1, 0.15) is 69.8 Å². The molecule has 0 spiro atoms. The van der Waals surface area contributed by atoms with Gasteiger partial charge in [0.1, 0.15) is 24.5 Å². The number of amides is 1. The molecular formula is C31H42FN5O3. The molecule has 0 bridgehead atoms. The number of pyridine rings is 1. The van der Waals surface area contributed by atoms with E-state index in [0.717, 1.165) is 82.0 Å². The number of carbonyl (C=O) groups excluding carboxylic acids is 2. The average Bonchev–Trinajstić information content (AvgIpc) is 3.41. The molecular weight excluding hydrogens is 509 g/mol. The van der Waals surface area contributed by atoms with Crippen LogP contribution in [0.3, 0.4) is 0 Å². The standard InChI is InChI=1S/C31H42FN5O3/c32-25-18-24(22-40-31(33)39)19-27(20-25)36-13-5-7-28-29(36)11-16-37(28)30-21-26(8-12-34-30)35-14-9-23(10-15-35)6-3-1-2-4-17-38/h8,12,17-21,23,28-29H,1-7,9-11,13-16,22H2,(H2,33,39)/t28-,29-/m1/s1. The third-order valence-corrected chi connectivity index (χ3v) is 8.90. The zero-order chi connectivity index (χ0) is 27.9. The number of ether oxygens (including phenoxy) is 1. The summed E-state index contributed by atoms with van der Waals surface area (Å²) in [5.41, 5.74) is 7.78. The Morgan fingerprint density at radius 1 is 0.975 bits per heavy atom. The lowest BCUT2D eigenvalue weighted by Gasteiger charge is -2.42. The van der Waals surface area contributed by atoms with Crippen molar-refractivity contribution >= 4 is 29.6 Å². The maximum atomic E-state index is 14.5. The van der Waals surface area contributed by atoms with Crippen molar-refractivity contribution in [2.75, 3.05) is 40.9 Å². The second kappa shape index (κ2) is 13.3. The summed E-state index contributed by atoms with van der Waals surface area (Å²) in [6.45, 7) is 3.90. The minimum absolute atomic E-state index is 0.0382. The van der Waals surface area contributed by atoms with E-state index < -0.39 is 6.09 Å². The van der Waals surface area contributed by atoms with Crippen LogP contribution in [0.25, 0.3) is 0 Å². The summed E-state index contributed by atoms with van der Waals surface area (Å²) in [7, 11) is 0. The number of anilines is 3. The lowest BCUT2D eigenvalue weighted by molar-refractivity contribution is -0.107. The number of primary amides is 1. The molecule has 1 aromatic carbocycles. The van der Waals surface area contributed by atoms with E-state index in [4.69, 9.17) is 15.5 Å². The third kappa shape index (κ3) is 6.85. The normalized spacial score (nSPS) is 21.4. The van der Waals surface area contributed by atoms with Gasteiger partial charge in [-0.05, 0) is 74.3 Å². The van der Waals surface area contributed by atoms with Gasteiger partial charge in [-0.3, -0.25) is 0 Å². The predicted octanol–water partition coefficient (Wildman–Crippen LogP) is 5.43. The van der Waals surface area contributed by atoms with Crippen molar-refractivity contribution in [3.05, 3.63) is 47.9 Å². The molecule has 0 aliphatic carbocycles. The van der Waals surface area contributed by atoms with Gasteiger partial charge < -0.3 is 30.0 Å². The highest BCUT2D eigenvalue weighted by molar-refractivity contribution is 5.64. The summed E-state index contributed by atoms with van der Waals surface area (Å²) < 4.78 is 19.4. The fraction of sp³-hybridized carbons (Fsp3) is 0.581. The molecule has 40 heavy (non-hydrogen) atoms. The monoisotopic (exact) mass is 551 g/mol. The molecule has 5 rings (SSSR count). The number of benzene rings is 1. The molecule has 4 heterocycles. The van der Waals surface area contributed by atoms with Crippen molar-refractivity contribution in [2.45, 2.75) is 82.9 Å². The molecule has 2 N–H and O–H groups in total. The Balaban J connectivity index is 1.21. The molecule has 3 aliphatic rings. The number of piperidine rings is 2. The van der Waals surface area contributed by atoms with Crippen molar-refractivity contribution in [1.82, 2.24) is 4.98 Å². The fourth-order valence-corrected chi connectivity index (χ4v) is 6.91. The van der Waals surface area contributed by atoms with Crippen LogP contribution in [0.2, 0.25) is 0 Å². The predicted molar refractivity (Wildman–Crippen MR) is 155 cm³/mol. The molecule has 0 saturated carbocycles. The van der Waals surface area contributed by atoms with Gasteiger partial charge in [-0.1, -0.05) is 19.3 Å². The number of fused-ring (bicyclic) bond motifs is 1. The number of unbranched alkanes of at least 4 members (excludes halogenated alkanes) is 3. The zero-order valence-electron chi connectivity index (χ0n) is 23.3. The number of nitrogens with zero attached hydrogens (tertiary/aromatic N) is 4. The lowest BCUT2D eigenvalue weighted by atomic mass is 9.91. The van der Waals surface area contributed by atoms with E-state index in [9.17, 15) is 14.0 Å². The second-order valence-corrected chi connectivity index (χ2v) is 11.5. The van der Waals surface area contributed by atoms with Gasteiger partial charge in [-0.25, -0.2) is 14.2 Å². The summed E-state index contributed by atoms with van der Waals surface area (Å²) in [5.74, 6) is 1.47. The molecule has 8 nitrogen and oxygen atoms in total. The van der Waals surface area contributed by atoms with Crippen LogP contribution in [-0.4, -0.2) is 55.6 Å². The van der Waals surface area contributed by atoms with Crippen LogP contribution < -0.4 is 20.4 Å². The first-order valence-electron chi connectivity index (χ1n) is 14.9. The van der Waals surface area contributed by atoms with Crippen molar-refractivity contribution < 1.29 is 18.7 Å². The zero-order valence-corrected chi connectivity index (χ0v) is 23.3. The summed E-state index contributed by atoms with van der Waals surface area (Å²) in [6, 6.07) is 9.85. The third-order valence-electron chi connectivity index (χ3n) is 8.90. The molecule has 3 saturated heterocycles. The quantitative estimate of drug-likeness (QED) is 0.294. The van der Waals surface area contributed by atoms with Crippen molar-refractivity contribution in [1.29, 1.82) is 0 Å². The van der Waals surface area contributed by atoms with E-state index in [1.807, 2.05) is 12.3 Å². The van der Waals surface area contributed by atoms with Gasteiger partial charge in [0.05, 0.1) is 12.1 Å². The first-order chi connectivity index (χ1) is 19.5. The molecule has 3 aliphatic heterocycles. The minimum atomic E-state index is -0.864. The number of carbonyl (C=O) groups is 2. The molecule has 3 fully saturated rings. The topological polar surface area (TPSA) is 92.0 Å². The number of rotatable bonds is 11. The van der Waals surface area contributed by atoms with Gasteiger partial charge in [0, 0.05) is 56.2 Å². The molecule has 216 valence electrons. The van der Waals surface area contributed by atoms with E-state index in [1.165, 1.54) is 37.4 Å². The van der Waals surface area contributed by atoms with Gasteiger partial charge in [0.25, 0.3) is 0 Å². The first kappa shape index (κ1) is 28.2.